The van der Waals surface area contributed by atoms with Gasteiger partial charge in [0.2, 0.25) is 11.7 Å². The molecule has 2 aliphatic heterocycles. The molecule has 3 aromatic rings. The maximum Gasteiger partial charge on any atom is 0.280 e. The highest BCUT2D eigenvalue weighted by molar-refractivity contribution is 6.05. The number of hydrogen-bond acceptors (Lipinski definition) is 6. The fourth-order valence-corrected chi connectivity index (χ4v) is 4.61. The number of amides is 1. The van der Waals surface area contributed by atoms with Crippen LogP contribution in [0.5, 0.6) is 5.88 Å². The number of halogens is 2. The van der Waals surface area contributed by atoms with Crippen molar-refractivity contribution in [2.45, 2.75) is 57.2 Å². The molecule has 1 amide bonds. The van der Waals surface area contributed by atoms with Gasteiger partial charge in [0.05, 0.1) is 24.0 Å². The summed E-state index contributed by atoms with van der Waals surface area (Å²) in [5.74, 6) is -0.0149. The van der Waals surface area contributed by atoms with Crippen molar-refractivity contribution >= 4 is 17.5 Å². The molecule has 0 radical (unpaired) electrons. The number of anilines is 1. The fraction of sp³-hybridized carbons (Fsp3) is 0.455. The van der Waals surface area contributed by atoms with Crippen molar-refractivity contribution in [2.24, 2.45) is 0 Å². The molecule has 3 aliphatic rings. The summed E-state index contributed by atoms with van der Waals surface area (Å²) in [5, 5.41) is 2.56. The van der Waals surface area contributed by atoms with Crippen LogP contribution in [0.4, 0.5) is 14.6 Å². The number of ether oxygens (including phenoxy) is 2. The van der Waals surface area contributed by atoms with Gasteiger partial charge >= 0.3 is 0 Å². The lowest BCUT2D eigenvalue weighted by Gasteiger charge is -2.41. The molecule has 0 atom stereocenters. The monoisotopic (exact) mass is 443 g/mol. The molecule has 1 aliphatic carbocycles. The second-order valence-electron chi connectivity index (χ2n) is 9.03. The number of fused-ring (bicyclic) bond motifs is 2. The number of hydrogen-bond donors (Lipinski definition) is 1. The second kappa shape index (κ2) is 7.19. The van der Waals surface area contributed by atoms with E-state index < -0.39 is 18.0 Å². The quantitative estimate of drug-likeness (QED) is 0.621. The van der Waals surface area contributed by atoms with Gasteiger partial charge in [0.1, 0.15) is 17.1 Å². The third kappa shape index (κ3) is 3.48. The first-order valence-electron chi connectivity index (χ1n) is 10.4. The van der Waals surface area contributed by atoms with E-state index in [2.05, 4.69) is 27.2 Å². The van der Waals surface area contributed by atoms with Crippen molar-refractivity contribution in [3.63, 3.8) is 0 Å². The van der Waals surface area contributed by atoms with Crippen molar-refractivity contribution in [1.82, 2.24) is 19.4 Å². The second-order valence-corrected chi connectivity index (χ2v) is 9.03. The van der Waals surface area contributed by atoms with Gasteiger partial charge in [-0.05, 0) is 45.7 Å². The third-order valence-corrected chi connectivity index (χ3v) is 5.91. The first-order chi connectivity index (χ1) is 15.2. The smallest absolute Gasteiger partial charge is 0.280 e. The van der Waals surface area contributed by atoms with Crippen molar-refractivity contribution < 1.29 is 23.0 Å². The molecule has 5 heterocycles. The van der Waals surface area contributed by atoms with Crippen molar-refractivity contribution in [1.29, 1.82) is 0 Å². The van der Waals surface area contributed by atoms with Crippen LogP contribution >= 0.6 is 0 Å². The third-order valence-electron chi connectivity index (χ3n) is 5.91. The number of carbonyl (C=O) groups is 1. The van der Waals surface area contributed by atoms with E-state index >= 15 is 0 Å². The Kier molecular flexibility index (Phi) is 4.66. The van der Waals surface area contributed by atoms with Gasteiger partial charge in [-0.1, -0.05) is 6.07 Å². The van der Waals surface area contributed by atoms with Crippen LogP contribution in [0, 0.1) is 0 Å². The number of carbonyl (C=O) groups excluding carboxylic acids is 1. The maximum atomic E-state index is 13.0. The first-order valence-corrected chi connectivity index (χ1v) is 10.4. The Labute approximate surface area is 183 Å². The highest BCUT2D eigenvalue weighted by atomic mass is 19.3. The molecule has 3 fully saturated rings. The number of rotatable bonds is 6. The van der Waals surface area contributed by atoms with Crippen LogP contribution in [-0.4, -0.2) is 43.6 Å². The highest BCUT2D eigenvalue weighted by Crippen LogP contribution is 2.58. The summed E-state index contributed by atoms with van der Waals surface area (Å²) in [4.78, 5) is 25.9. The van der Waals surface area contributed by atoms with Gasteiger partial charge in [0.15, 0.2) is 0 Å². The van der Waals surface area contributed by atoms with Gasteiger partial charge in [-0.25, -0.2) is 18.7 Å². The summed E-state index contributed by atoms with van der Waals surface area (Å²) in [6.07, 6.45) is 2.29. The maximum absolute atomic E-state index is 13.0. The van der Waals surface area contributed by atoms with Gasteiger partial charge in [-0.15, -0.1) is 0 Å². The molecule has 0 spiro atoms. The van der Waals surface area contributed by atoms with E-state index in [4.69, 9.17) is 9.47 Å². The van der Waals surface area contributed by atoms with Crippen molar-refractivity contribution in [2.75, 3.05) is 11.9 Å². The first kappa shape index (κ1) is 20.7. The molecule has 3 aromatic heterocycles. The van der Waals surface area contributed by atoms with Crippen LogP contribution in [0.25, 0.3) is 5.78 Å². The predicted molar refractivity (Wildman–Crippen MR) is 111 cm³/mol. The minimum atomic E-state index is -2.73. The summed E-state index contributed by atoms with van der Waals surface area (Å²) >= 11 is 0. The zero-order chi connectivity index (χ0) is 22.7. The molecule has 0 unspecified atom stereocenters. The molecule has 6 rings (SSSR count). The predicted octanol–water partition coefficient (Wildman–Crippen LogP) is 3.92. The zero-order valence-electron chi connectivity index (χ0n) is 17.9. The standard InChI is InChI=1S/C22H23F2N5O3/c1-12(2)32-19-13(18(30)27-16-6-4-5-14(25-16)17(23)24)7-29-8-15(26-20(29)28-19)22-9-21(3,10-22)31-11-22/h4-8,12,17H,9-11H2,1-3H3,(H,25,27,30). The highest BCUT2D eigenvalue weighted by Gasteiger charge is 2.61. The SMILES string of the molecule is CC(C)Oc1nc2nc(C34COC(C)(C3)C4)cn2cc1C(=O)Nc1cccc(C(F)F)n1. The molecule has 32 heavy (non-hydrogen) atoms. The van der Waals surface area contributed by atoms with Gasteiger partial charge < -0.3 is 14.8 Å². The summed E-state index contributed by atoms with van der Waals surface area (Å²) in [7, 11) is 0. The minimum absolute atomic E-state index is 0.0189. The van der Waals surface area contributed by atoms with Crippen molar-refractivity contribution in [3.8, 4) is 5.88 Å². The Bertz CT molecular complexity index is 1200. The van der Waals surface area contributed by atoms with E-state index in [-0.39, 0.29) is 34.4 Å². The number of alkyl halides is 2. The van der Waals surface area contributed by atoms with Crippen LogP contribution in [0.3, 0.4) is 0 Å². The molecular formula is C22H23F2N5O3. The lowest BCUT2D eigenvalue weighted by atomic mass is 9.62. The summed E-state index contributed by atoms with van der Waals surface area (Å²) in [6.45, 7) is 6.35. The topological polar surface area (TPSA) is 90.6 Å². The summed E-state index contributed by atoms with van der Waals surface area (Å²) < 4.78 is 39.2. The average Bonchev–Trinajstić information content (AvgIpc) is 3.37. The minimum Gasteiger partial charge on any atom is -0.474 e. The molecule has 2 bridgehead atoms. The lowest BCUT2D eigenvalue weighted by molar-refractivity contribution is 0.0154. The number of aromatic nitrogens is 4. The Morgan fingerprint density at radius 3 is 2.66 bits per heavy atom. The normalized spacial score (nSPS) is 24.2. The molecule has 2 saturated heterocycles. The summed E-state index contributed by atoms with van der Waals surface area (Å²) in [6, 6.07) is 4.06. The van der Waals surface area contributed by atoms with Gasteiger partial charge in [0, 0.05) is 17.8 Å². The van der Waals surface area contributed by atoms with Crippen molar-refractivity contribution in [3.05, 3.63) is 47.5 Å². The Morgan fingerprint density at radius 2 is 2.00 bits per heavy atom. The molecule has 1 N–H and O–H groups in total. The van der Waals surface area contributed by atoms with Crippen LogP contribution in [-0.2, 0) is 10.2 Å². The number of pyridine rings is 1. The van der Waals surface area contributed by atoms with E-state index in [9.17, 15) is 13.6 Å². The van der Waals surface area contributed by atoms with Crippen LogP contribution < -0.4 is 10.1 Å². The molecule has 8 nitrogen and oxygen atoms in total. The Morgan fingerprint density at radius 1 is 1.22 bits per heavy atom. The molecule has 0 aromatic carbocycles. The number of nitrogens with one attached hydrogen (secondary N) is 1. The van der Waals surface area contributed by atoms with Crippen LogP contribution in [0.15, 0.2) is 30.6 Å². The number of nitrogens with zero attached hydrogens (tertiary/aromatic N) is 4. The van der Waals surface area contributed by atoms with Gasteiger partial charge in [0.25, 0.3) is 12.3 Å². The molecule has 10 heteroatoms. The van der Waals surface area contributed by atoms with E-state index in [1.54, 1.807) is 10.6 Å². The average molecular weight is 443 g/mol. The van der Waals surface area contributed by atoms with E-state index in [0.717, 1.165) is 18.5 Å². The van der Waals surface area contributed by atoms with Crippen LogP contribution in [0.1, 0.15) is 61.8 Å². The Balaban J connectivity index is 1.49. The Hall–Kier alpha value is -3.14. The van der Waals surface area contributed by atoms with E-state index in [0.29, 0.717) is 12.4 Å². The van der Waals surface area contributed by atoms with Gasteiger partial charge in [-0.3, -0.25) is 9.20 Å². The molecule has 168 valence electrons. The zero-order valence-corrected chi connectivity index (χ0v) is 17.9. The van der Waals surface area contributed by atoms with E-state index in [1.807, 2.05) is 20.0 Å². The largest absolute Gasteiger partial charge is 0.474 e. The van der Waals surface area contributed by atoms with Crippen LogP contribution in [0.2, 0.25) is 0 Å². The number of imidazole rings is 1. The fourth-order valence-electron chi connectivity index (χ4n) is 4.61. The van der Waals surface area contributed by atoms with E-state index in [1.165, 1.54) is 18.2 Å². The summed E-state index contributed by atoms with van der Waals surface area (Å²) in [5.41, 5.74) is 0.404. The molecular weight excluding hydrogens is 420 g/mol. The molecule has 1 saturated carbocycles. The van der Waals surface area contributed by atoms with Gasteiger partial charge in [-0.2, -0.15) is 4.98 Å². The lowest BCUT2D eigenvalue weighted by Crippen LogP contribution is -2.45.